The van der Waals surface area contributed by atoms with E-state index in [1.807, 2.05) is 31.2 Å². The van der Waals surface area contributed by atoms with E-state index in [0.717, 1.165) is 5.56 Å². The van der Waals surface area contributed by atoms with E-state index >= 15 is 0 Å². The summed E-state index contributed by atoms with van der Waals surface area (Å²) in [5.41, 5.74) is 2.80. The third-order valence-corrected chi connectivity index (χ3v) is 5.41. The van der Waals surface area contributed by atoms with E-state index in [1.165, 1.54) is 17.7 Å². The molecule has 1 atom stereocenters. The van der Waals surface area contributed by atoms with Crippen LogP contribution in [0.2, 0.25) is 10.0 Å². The Kier molecular flexibility index (Phi) is 7.97. The number of rotatable bonds is 9. The standard InChI is InChI=1S/C24H24Cl2FNO2/c1-3-29-23-11-19(14-28-16(2)17-7-5-4-6-8-17)22(26)13-24(23)30-15-18-9-10-20(27)12-21(18)25/h4-13,16,28H,3,14-15H2,1-2H3. The summed E-state index contributed by atoms with van der Waals surface area (Å²) in [7, 11) is 0. The van der Waals surface area contributed by atoms with Crippen LogP contribution in [0.15, 0.2) is 60.7 Å². The maximum absolute atomic E-state index is 13.2. The first-order valence-corrected chi connectivity index (χ1v) is 10.5. The Morgan fingerprint density at radius 2 is 1.60 bits per heavy atom. The summed E-state index contributed by atoms with van der Waals surface area (Å²) in [5.74, 6) is 0.731. The number of hydrogen-bond acceptors (Lipinski definition) is 3. The number of halogens is 3. The average Bonchev–Trinajstić information content (AvgIpc) is 2.74. The highest BCUT2D eigenvalue weighted by Crippen LogP contribution is 2.35. The Labute approximate surface area is 186 Å². The lowest BCUT2D eigenvalue weighted by molar-refractivity contribution is 0.269. The van der Waals surface area contributed by atoms with Crippen molar-refractivity contribution in [2.45, 2.75) is 33.0 Å². The summed E-state index contributed by atoms with van der Waals surface area (Å²) >= 11 is 12.6. The monoisotopic (exact) mass is 447 g/mol. The fourth-order valence-electron chi connectivity index (χ4n) is 3.01. The van der Waals surface area contributed by atoms with Gasteiger partial charge in [-0.05, 0) is 43.2 Å². The Bertz CT molecular complexity index is 982. The summed E-state index contributed by atoms with van der Waals surface area (Å²) in [6.07, 6.45) is 0. The molecule has 0 bridgehead atoms. The first kappa shape index (κ1) is 22.4. The molecule has 6 heteroatoms. The van der Waals surface area contributed by atoms with Crippen LogP contribution in [0.1, 0.15) is 36.6 Å². The summed E-state index contributed by atoms with van der Waals surface area (Å²) in [5, 5.41) is 4.37. The van der Waals surface area contributed by atoms with E-state index in [2.05, 4.69) is 24.4 Å². The summed E-state index contributed by atoms with van der Waals surface area (Å²) in [6.45, 7) is 5.26. The van der Waals surface area contributed by atoms with Gasteiger partial charge in [-0.3, -0.25) is 0 Å². The molecule has 0 aliphatic rings. The van der Waals surface area contributed by atoms with E-state index in [9.17, 15) is 4.39 Å². The van der Waals surface area contributed by atoms with Gasteiger partial charge in [-0.15, -0.1) is 0 Å². The molecule has 3 aromatic carbocycles. The van der Waals surface area contributed by atoms with Crippen molar-refractivity contribution in [2.75, 3.05) is 6.61 Å². The van der Waals surface area contributed by atoms with Gasteiger partial charge in [-0.2, -0.15) is 0 Å². The van der Waals surface area contributed by atoms with Crippen LogP contribution >= 0.6 is 23.2 Å². The number of nitrogens with one attached hydrogen (secondary N) is 1. The normalized spacial score (nSPS) is 11.9. The molecule has 0 spiro atoms. The van der Waals surface area contributed by atoms with E-state index < -0.39 is 0 Å². The van der Waals surface area contributed by atoms with Gasteiger partial charge in [-0.1, -0.05) is 59.6 Å². The second-order valence-electron chi connectivity index (χ2n) is 6.86. The van der Waals surface area contributed by atoms with E-state index in [1.54, 1.807) is 12.1 Å². The highest BCUT2D eigenvalue weighted by molar-refractivity contribution is 6.31. The number of benzene rings is 3. The maximum atomic E-state index is 13.2. The molecule has 3 aromatic rings. The minimum atomic E-state index is -0.386. The quantitative estimate of drug-likeness (QED) is 0.384. The molecule has 3 nitrogen and oxygen atoms in total. The molecule has 0 heterocycles. The Balaban J connectivity index is 1.73. The first-order valence-electron chi connectivity index (χ1n) is 9.78. The van der Waals surface area contributed by atoms with E-state index in [0.29, 0.717) is 40.3 Å². The molecular formula is C24H24Cl2FNO2. The highest BCUT2D eigenvalue weighted by atomic mass is 35.5. The average molecular weight is 448 g/mol. The van der Waals surface area contributed by atoms with Crippen LogP contribution in [-0.4, -0.2) is 6.61 Å². The van der Waals surface area contributed by atoms with Crippen LogP contribution < -0.4 is 14.8 Å². The zero-order chi connectivity index (χ0) is 21.5. The van der Waals surface area contributed by atoms with Crippen LogP contribution in [0.3, 0.4) is 0 Å². The van der Waals surface area contributed by atoms with E-state index in [-0.39, 0.29) is 18.5 Å². The molecule has 0 radical (unpaired) electrons. The molecule has 30 heavy (non-hydrogen) atoms. The van der Waals surface area contributed by atoms with Crippen molar-refractivity contribution >= 4 is 23.2 Å². The third kappa shape index (κ3) is 5.88. The van der Waals surface area contributed by atoms with Gasteiger partial charge in [-0.25, -0.2) is 4.39 Å². The van der Waals surface area contributed by atoms with Gasteiger partial charge in [0.1, 0.15) is 12.4 Å². The van der Waals surface area contributed by atoms with Crippen LogP contribution in [0.4, 0.5) is 4.39 Å². The largest absolute Gasteiger partial charge is 0.490 e. The van der Waals surface area contributed by atoms with Crippen molar-refractivity contribution in [1.29, 1.82) is 0 Å². The Hall–Kier alpha value is -2.27. The minimum absolute atomic E-state index is 0.175. The summed E-state index contributed by atoms with van der Waals surface area (Å²) in [6, 6.07) is 18.2. The maximum Gasteiger partial charge on any atom is 0.163 e. The van der Waals surface area contributed by atoms with Crippen molar-refractivity contribution in [3.8, 4) is 11.5 Å². The summed E-state index contributed by atoms with van der Waals surface area (Å²) < 4.78 is 24.9. The molecule has 0 fully saturated rings. The zero-order valence-electron chi connectivity index (χ0n) is 16.9. The molecule has 0 saturated carbocycles. The van der Waals surface area contributed by atoms with Gasteiger partial charge in [0.05, 0.1) is 11.6 Å². The van der Waals surface area contributed by atoms with Crippen molar-refractivity contribution in [3.05, 3.63) is 93.2 Å². The van der Waals surface area contributed by atoms with Crippen molar-refractivity contribution < 1.29 is 13.9 Å². The van der Waals surface area contributed by atoms with Crippen molar-refractivity contribution in [2.24, 2.45) is 0 Å². The molecule has 3 rings (SSSR count). The molecule has 158 valence electrons. The summed E-state index contributed by atoms with van der Waals surface area (Å²) in [4.78, 5) is 0. The molecule has 0 aromatic heterocycles. The number of hydrogen-bond donors (Lipinski definition) is 1. The van der Waals surface area contributed by atoms with Gasteiger partial charge >= 0.3 is 0 Å². The zero-order valence-corrected chi connectivity index (χ0v) is 18.4. The molecule has 0 aliphatic carbocycles. The lowest BCUT2D eigenvalue weighted by Gasteiger charge is -2.18. The smallest absolute Gasteiger partial charge is 0.163 e. The van der Waals surface area contributed by atoms with Crippen molar-refractivity contribution in [3.63, 3.8) is 0 Å². The number of ether oxygens (including phenoxy) is 2. The lowest BCUT2D eigenvalue weighted by Crippen LogP contribution is -2.18. The molecule has 0 saturated heterocycles. The predicted molar refractivity (Wildman–Crippen MR) is 120 cm³/mol. The lowest BCUT2D eigenvalue weighted by atomic mass is 10.1. The molecule has 0 aliphatic heterocycles. The van der Waals surface area contributed by atoms with Crippen molar-refractivity contribution in [1.82, 2.24) is 5.32 Å². The van der Waals surface area contributed by atoms with E-state index in [4.69, 9.17) is 32.7 Å². The molecule has 1 N–H and O–H groups in total. The van der Waals surface area contributed by atoms with Crippen LogP contribution in [-0.2, 0) is 13.2 Å². The van der Waals surface area contributed by atoms with Gasteiger partial charge in [0.25, 0.3) is 0 Å². The Morgan fingerprint density at radius 3 is 2.30 bits per heavy atom. The van der Waals surface area contributed by atoms with Gasteiger partial charge in [0.15, 0.2) is 11.5 Å². The fraction of sp³-hybridized carbons (Fsp3) is 0.250. The third-order valence-electron chi connectivity index (χ3n) is 4.71. The van der Waals surface area contributed by atoms with Crippen LogP contribution in [0, 0.1) is 5.82 Å². The topological polar surface area (TPSA) is 30.5 Å². The predicted octanol–water partition coefficient (Wildman–Crippen LogP) is 6.96. The molecule has 1 unspecified atom stereocenters. The fourth-order valence-corrected chi connectivity index (χ4v) is 3.45. The van der Waals surface area contributed by atoms with Crippen LogP contribution in [0.5, 0.6) is 11.5 Å². The highest BCUT2D eigenvalue weighted by Gasteiger charge is 2.14. The minimum Gasteiger partial charge on any atom is -0.490 e. The second kappa shape index (κ2) is 10.7. The SMILES string of the molecule is CCOc1cc(CNC(C)c2ccccc2)c(Cl)cc1OCc1ccc(F)cc1Cl. The van der Waals surface area contributed by atoms with Gasteiger partial charge in [0, 0.05) is 29.2 Å². The van der Waals surface area contributed by atoms with Crippen LogP contribution in [0.25, 0.3) is 0 Å². The molecule has 0 amide bonds. The first-order chi connectivity index (χ1) is 14.5. The van der Waals surface area contributed by atoms with Gasteiger partial charge < -0.3 is 14.8 Å². The molecular weight excluding hydrogens is 424 g/mol. The Morgan fingerprint density at radius 1 is 0.900 bits per heavy atom. The second-order valence-corrected chi connectivity index (χ2v) is 7.68. The van der Waals surface area contributed by atoms with Gasteiger partial charge in [0.2, 0.25) is 0 Å².